The fraction of sp³-hybridized carbons (Fsp3) is 0.893. The van der Waals surface area contributed by atoms with E-state index in [-0.39, 0.29) is 51.4 Å². The van der Waals surface area contributed by atoms with Crippen molar-refractivity contribution in [3.63, 3.8) is 0 Å². The van der Waals surface area contributed by atoms with Crippen LogP contribution in [0.2, 0.25) is 0 Å². The summed E-state index contributed by atoms with van der Waals surface area (Å²) in [5, 5.41) is 67.8. The van der Waals surface area contributed by atoms with Crippen LogP contribution >= 0.6 is 0 Å². The Morgan fingerprint density at radius 1 is 0.882 bits per heavy atom. The number of aliphatic hydroxyl groups excluding tert-OH is 6. The second-order valence-corrected chi connectivity index (χ2v) is 12.9. The van der Waals surface area contributed by atoms with Crippen molar-refractivity contribution in [1.82, 2.24) is 10.6 Å². The van der Waals surface area contributed by atoms with Crippen molar-refractivity contribution >= 4 is 17.8 Å². The molecule has 0 aromatic rings. The zero-order chi connectivity index (χ0) is 38.2. The predicted octanol–water partition coefficient (Wildman–Crippen LogP) is -8.94. The van der Waals surface area contributed by atoms with E-state index in [1.165, 1.54) is 0 Å². The highest BCUT2D eigenvalue weighted by atomic mass is 19.1. The molecular weight excluding hydrogens is 687 g/mol. The van der Waals surface area contributed by atoms with Crippen LogP contribution in [0, 0.1) is 0 Å². The van der Waals surface area contributed by atoms with Gasteiger partial charge >= 0.3 is 0 Å². The fourth-order valence-electron chi connectivity index (χ4n) is 6.02. The zero-order valence-electron chi connectivity index (χ0n) is 28.0. The van der Waals surface area contributed by atoms with Crippen LogP contribution in [0.25, 0.3) is 0 Å². The Morgan fingerprint density at radius 2 is 1.51 bits per heavy atom. The summed E-state index contributed by atoms with van der Waals surface area (Å²) in [6.07, 6.45) is -21.5. The first-order valence-electron chi connectivity index (χ1n) is 16.7. The van der Waals surface area contributed by atoms with Crippen molar-refractivity contribution in [3.8, 4) is 0 Å². The Hall–Kier alpha value is -2.46. The summed E-state index contributed by atoms with van der Waals surface area (Å²) in [4.78, 5) is 29.2. The summed E-state index contributed by atoms with van der Waals surface area (Å²) < 4.78 is 39.4. The molecule has 22 nitrogen and oxygen atoms in total. The number of guanidine groups is 1. The zero-order valence-corrected chi connectivity index (χ0v) is 28.0. The molecule has 0 radical (unpaired) electrons. The molecular formula is C28H55FN10O12. The Morgan fingerprint density at radius 3 is 2.14 bits per heavy atom. The standard InChI is InChI=1S/C28H55FN10O12/c29-15-22(50-27-21(45)20(44)18(42)13(7-31)48-27)10(33)6-11(39-25(47)12(40)3-4-30)23(15)51-26-19(43)16(34)17(41)14(49-26)8-38-24(46)9(32)2-1-5-37-28(35)36/h9-23,26-27,40-45H,1-8,30-34H2,(H,38,46)(H,39,47)(H4,35,36,37)/t9-,10-,11-,12+,13-,14+,15+,16-,17+,18-,19+,20+,21-,22-,23-,26+,27+/m1/s1. The van der Waals surface area contributed by atoms with E-state index in [0.717, 1.165) is 0 Å². The number of aliphatic hydroxyl groups is 6. The van der Waals surface area contributed by atoms with Crippen molar-refractivity contribution in [3.05, 3.63) is 0 Å². The molecule has 0 aromatic carbocycles. The van der Waals surface area contributed by atoms with Crippen molar-refractivity contribution in [2.75, 3.05) is 26.2 Å². The number of carbonyl (C=O) groups excluding carboxylic acids is 2. The third-order valence-corrected chi connectivity index (χ3v) is 9.07. The number of amides is 2. The highest BCUT2D eigenvalue weighted by Crippen LogP contribution is 2.33. The Kier molecular flexibility index (Phi) is 16.5. The molecule has 0 unspecified atom stereocenters. The maximum atomic E-state index is 16.6. The van der Waals surface area contributed by atoms with Crippen molar-refractivity contribution in [1.29, 1.82) is 0 Å². The minimum atomic E-state index is -2.28. The van der Waals surface area contributed by atoms with E-state index in [2.05, 4.69) is 15.6 Å². The van der Waals surface area contributed by atoms with Crippen LogP contribution in [0.3, 0.4) is 0 Å². The Balaban J connectivity index is 1.79. The lowest BCUT2D eigenvalue weighted by Crippen LogP contribution is -2.69. The van der Waals surface area contributed by atoms with Gasteiger partial charge in [0.2, 0.25) is 11.8 Å². The number of hydrogen-bond acceptors (Lipinski definition) is 18. The molecule has 22 N–H and O–H groups in total. The highest BCUT2D eigenvalue weighted by Gasteiger charge is 2.53. The molecule has 0 aromatic heterocycles. The molecule has 51 heavy (non-hydrogen) atoms. The molecule has 2 amide bonds. The van der Waals surface area contributed by atoms with Gasteiger partial charge in [0.25, 0.3) is 0 Å². The molecule has 3 rings (SSSR count). The maximum Gasteiger partial charge on any atom is 0.249 e. The number of hydrogen-bond donors (Lipinski definition) is 15. The average molecular weight is 743 g/mol. The van der Waals surface area contributed by atoms with E-state index >= 15 is 4.39 Å². The van der Waals surface area contributed by atoms with Crippen LogP contribution in [-0.4, -0.2) is 179 Å². The van der Waals surface area contributed by atoms with Crippen LogP contribution in [0.4, 0.5) is 4.39 Å². The third kappa shape index (κ3) is 11.0. The van der Waals surface area contributed by atoms with Gasteiger partial charge in [0, 0.05) is 25.7 Å². The molecule has 2 saturated heterocycles. The van der Waals surface area contributed by atoms with E-state index < -0.39 is 116 Å². The molecule has 3 fully saturated rings. The lowest BCUT2D eigenvalue weighted by atomic mass is 9.84. The van der Waals surface area contributed by atoms with E-state index in [1.54, 1.807) is 0 Å². The first-order valence-corrected chi connectivity index (χ1v) is 16.7. The number of ether oxygens (including phenoxy) is 4. The number of rotatable bonds is 16. The minimum Gasteiger partial charge on any atom is -0.389 e. The number of halogens is 1. The van der Waals surface area contributed by atoms with Crippen LogP contribution in [-0.2, 0) is 28.5 Å². The number of nitrogens with two attached hydrogens (primary N) is 7. The Labute approximate surface area is 293 Å². The summed E-state index contributed by atoms with van der Waals surface area (Å²) in [5.74, 6) is -1.65. The molecule has 2 heterocycles. The molecule has 2 aliphatic heterocycles. The van der Waals surface area contributed by atoms with Crippen LogP contribution in [0.15, 0.2) is 4.99 Å². The van der Waals surface area contributed by atoms with Crippen molar-refractivity contribution in [2.24, 2.45) is 45.1 Å². The number of nitrogens with zero attached hydrogens (tertiary/aromatic N) is 1. The summed E-state index contributed by atoms with van der Waals surface area (Å²) in [7, 11) is 0. The molecule has 1 aliphatic carbocycles. The average Bonchev–Trinajstić information content (AvgIpc) is 3.09. The lowest BCUT2D eigenvalue weighted by molar-refractivity contribution is -0.326. The van der Waals surface area contributed by atoms with Crippen molar-refractivity contribution in [2.45, 2.75) is 130 Å². The van der Waals surface area contributed by atoms with E-state index in [4.69, 9.17) is 59.1 Å². The van der Waals surface area contributed by atoms with Gasteiger partial charge in [-0.15, -0.1) is 0 Å². The molecule has 0 spiro atoms. The molecule has 23 heteroatoms. The largest absolute Gasteiger partial charge is 0.389 e. The number of nitrogens with one attached hydrogen (secondary N) is 2. The van der Waals surface area contributed by atoms with Crippen LogP contribution in [0.1, 0.15) is 25.7 Å². The van der Waals surface area contributed by atoms with Gasteiger partial charge in [0.15, 0.2) is 24.7 Å². The first kappa shape index (κ1) is 42.9. The van der Waals surface area contributed by atoms with Gasteiger partial charge in [-0.1, -0.05) is 0 Å². The highest BCUT2D eigenvalue weighted by molar-refractivity contribution is 5.81. The lowest BCUT2D eigenvalue weighted by Gasteiger charge is -2.48. The topological polar surface area (TPSA) is 411 Å². The molecule has 3 aliphatic rings. The van der Waals surface area contributed by atoms with Gasteiger partial charge in [-0.25, -0.2) is 4.39 Å². The summed E-state index contributed by atoms with van der Waals surface area (Å²) in [5.41, 5.74) is 39.8. The van der Waals surface area contributed by atoms with Gasteiger partial charge in [0.05, 0.1) is 24.2 Å². The van der Waals surface area contributed by atoms with Gasteiger partial charge in [0.1, 0.15) is 54.9 Å². The third-order valence-electron chi connectivity index (χ3n) is 9.07. The second kappa shape index (κ2) is 19.6. The van der Waals surface area contributed by atoms with Gasteiger partial charge in [-0.05, 0) is 32.2 Å². The van der Waals surface area contributed by atoms with E-state index in [1.807, 2.05) is 0 Å². The van der Waals surface area contributed by atoms with Gasteiger partial charge < -0.3 is 100 Å². The van der Waals surface area contributed by atoms with Gasteiger partial charge in [-0.3, -0.25) is 14.6 Å². The van der Waals surface area contributed by atoms with E-state index in [9.17, 15) is 40.2 Å². The van der Waals surface area contributed by atoms with E-state index in [0.29, 0.717) is 6.42 Å². The second-order valence-electron chi connectivity index (χ2n) is 12.9. The quantitative estimate of drug-likeness (QED) is 0.0396. The van der Waals surface area contributed by atoms with Crippen LogP contribution < -0.4 is 50.8 Å². The van der Waals surface area contributed by atoms with Crippen LogP contribution in [0.5, 0.6) is 0 Å². The molecule has 0 bridgehead atoms. The predicted molar refractivity (Wildman–Crippen MR) is 174 cm³/mol. The number of aliphatic imine (C=N–C) groups is 1. The summed E-state index contributed by atoms with van der Waals surface area (Å²) in [6.45, 7) is -0.450. The normalized spacial score (nSPS) is 39.8. The fourth-order valence-corrected chi connectivity index (χ4v) is 6.02. The Bertz CT molecular complexity index is 1150. The van der Waals surface area contributed by atoms with Gasteiger partial charge in [-0.2, -0.15) is 0 Å². The summed E-state index contributed by atoms with van der Waals surface area (Å²) in [6, 6.07) is -4.91. The van der Waals surface area contributed by atoms with Crippen molar-refractivity contribution < 1.29 is 63.6 Å². The molecule has 17 atom stereocenters. The minimum absolute atomic E-state index is 0.0441. The number of carbonyl (C=O) groups is 2. The SMILES string of the molecule is NCC[C@H](O)C(=O)N[C@@H]1C[C@@H](N)[C@@H](O[C@@H]2O[C@H](CN)[C@@H](O)[C@H](O)[C@H]2O)[C@H](F)[C@@H]1O[C@@H]1O[C@@H](CNC(=O)[C@H](N)CCCN=C(N)N)[C@H](O)[C@@H](N)[C@@H]1O. The first-order chi connectivity index (χ1) is 24.0. The monoisotopic (exact) mass is 742 g/mol. The maximum absolute atomic E-state index is 16.6. The number of alkyl halides is 1. The molecule has 296 valence electrons. The summed E-state index contributed by atoms with van der Waals surface area (Å²) >= 11 is 0. The smallest absolute Gasteiger partial charge is 0.249 e. The molecule has 1 saturated carbocycles.